The van der Waals surface area contributed by atoms with Crippen molar-refractivity contribution in [2.75, 3.05) is 26.2 Å². The summed E-state index contributed by atoms with van der Waals surface area (Å²) >= 11 is 0. The van der Waals surface area contributed by atoms with Crippen LogP contribution in [0.4, 0.5) is 0 Å². The highest BCUT2D eigenvalue weighted by Gasteiger charge is 2.11. The van der Waals surface area contributed by atoms with Crippen LogP contribution >= 0.6 is 0 Å². The lowest BCUT2D eigenvalue weighted by atomic mass is 10.1. The minimum Gasteiger partial charge on any atom is -0.487 e. The van der Waals surface area contributed by atoms with Gasteiger partial charge in [-0.1, -0.05) is 24.3 Å². The van der Waals surface area contributed by atoms with Gasteiger partial charge >= 0.3 is 0 Å². The van der Waals surface area contributed by atoms with Crippen molar-refractivity contribution < 1.29 is 4.74 Å². The maximum atomic E-state index is 5.79. The van der Waals surface area contributed by atoms with Crippen LogP contribution in [0.2, 0.25) is 0 Å². The Morgan fingerprint density at radius 2 is 1.82 bits per heavy atom. The second-order valence-electron chi connectivity index (χ2n) is 7.47. The van der Waals surface area contributed by atoms with Crippen LogP contribution in [0, 0.1) is 0 Å². The highest BCUT2D eigenvalue weighted by molar-refractivity contribution is 5.23. The molecule has 0 radical (unpaired) electrons. The van der Waals surface area contributed by atoms with Crippen molar-refractivity contribution in [1.82, 2.24) is 20.0 Å². The maximum absolute atomic E-state index is 5.79. The van der Waals surface area contributed by atoms with E-state index < -0.39 is 0 Å². The molecule has 1 saturated heterocycles. The molecule has 0 bridgehead atoms. The molecule has 1 aromatic carbocycles. The predicted octanol–water partition coefficient (Wildman–Crippen LogP) is 3.54. The van der Waals surface area contributed by atoms with Gasteiger partial charge < -0.3 is 9.64 Å². The average molecular weight is 377 g/mol. The van der Waals surface area contributed by atoms with Crippen LogP contribution in [0.1, 0.15) is 29.7 Å². The van der Waals surface area contributed by atoms with Crippen LogP contribution in [0.3, 0.4) is 0 Å². The van der Waals surface area contributed by atoms with Gasteiger partial charge in [0, 0.05) is 32.0 Å². The van der Waals surface area contributed by atoms with Gasteiger partial charge in [0.2, 0.25) is 0 Å². The van der Waals surface area contributed by atoms with Crippen molar-refractivity contribution >= 4 is 0 Å². The van der Waals surface area contributed by atoms with Gasteiger partial charge in [-0.3, -0.25) is 4.90 Å². The number of benzene rings is 1. The third kappa shape index (κ3) is 5.42. The summed E-state index contributed by atoms with van der Waals surface area (Å²) in [6.45, 7) is 5.93. The van der Waals surface area contributed by atoms with Crippen molar-refractivity contribution in [3.63, 3.8) is 0 Å². The minimum atomic E-state index is 0.452. The highest BCUT2D eigenvalue weighted by Crippen LogP contribution is 2.15. The molecular formula is C23H28N4O. The van der Waals surface area contributed by atoms with Gasteiger partial charge in [-0.15, -0.1) is 0 Å². The molecule has 0 N–H and O–H groups in total. The number of rotatable bonds is 8. The molecule has 146 valence electrons. The lowest BCUT2D eigenvalue weighted by Gasteiger charge is -2.22. The monoisotopic (exact) mass is 376 g/mol. The number of ether oxygens (including phenoxy) is 1. The summed E-state index contributed by atoms with van der Waals surface area (Å²) in [5.74, 6) is 0.896. The van der Waals surface area contributed by atoms with E-state index in [1.54, 1.807) is 6.20 Å². The second-order valence-corrected chi connectivity index (χ2v) is 7.47. The first-order chi connectivity index (χ1) is 13.8. The van der Waals surface area contributed by atoms with E-state index >= 15 is 0 Å². The van der Waals surface area contributed by atoms with Crippen LogP contribution in [0.15, 0.2) is 66.7 Å². The molecule has 2 aromatic rings. The molecule has 0 saturated carbocycles. The van der Waals surface area contributed by atoms with Crippen molar-refractivity contribution in [2.45, 2.75) is 32.4 Å². The predicted molar refractivity (Wildman–Crippen MR) is 110 cm³/mol. The first-order valence-electron chi connectivity index (χ1n) is 10.2. The van der Waals surface area contributed by atoms with E-state index in [0.717, 1.165) is 37.5 Å². The molecule has 28 heavy (non-hydrogen) atoms. The molecule has 5 heteroatoms. The number of hydrogen-bond acceptors (Lipinski definition) is 5. The summed E-state index contributed by atoms with van der Waals surface area (Å²) < 4.78 is 5.79. The molecule has 1 fully saturated rings. The zero-order valence-corrected chi connectivity index (χ0v) is 16.3. The molecule has 5 nitrogen and oxygen atoms in total. The topological polar surface area (TPSA) is 41.5 Å². The molecule has 4 rings (SSSR count). The minimum absolute atomic E-state index is 0.452. The SMILES string of the molecule is C1=CN(CCc2ccc(CN3CCCC3)cc2)CC=C1OCc1cccnn1. The fourth-order valence-corrected chi connectivity index (χ4v) is 3.64. The molecule has 2 aliphatic rings. The van der Waals surface area contributed by atoms with Crippen LogP contribution in [-0.4, -0.2) is 46.2 Å². The van der Waals surface area contributed by atoms with E-state index in [1.165, 1.54) is 37.1 Å². The molecule has 0 atom stereocenters. The Hall–Kier alpha value is -2.66. The molecule has 0 unspecified atom stereocenters. The van der Waals surface area contributed by atoms with E-state index in [0.29, 0.717) is 6.61 Å². The summed E-state index contributed by atoms with van der Waals surface area (Å²) in [6, 6.07) is 12.9. The van der Waals surface area contributed by atoms with Crippen LogP contribution in [0.5, 0.6) is 0 Å². The third-order valence-corrected chi connectivity index (χ3v) is 5.31. The molecule has 0 aliphatic carbocycles. The standard InChI is InChI=1S/C23H28N4O/c1-2-14-27(13-1)18-21-7-5-20(6-8-21)9-15-26-16-10-23(11-17-26)28-19-22-4-3-12-24-25-22/h3-8,10-12,16H,1-2,9,13-15,17-19H2. The summed E-state index contributed by atoms with van der Waals surface area (Å²) in [5, 5.41) is 7.90. The van der Waals surface area contributed by atoms with Crippen molar-refractivity contribution in [1.29, 1.82) is 0 Å². The van der Waals surface area contributed by atoms with Gasteiger partial charge in [-0.25, -0.2) is 0 Å². The van der Waals surface area contributed by atoms with E-state index in [9.17, 15) is 0 Å². The first-order valence-corrected chi connectivity index (χ1v) is 10.2. The average Bonchev–Trinajstić information content (AvgIpc) is 3.26. The number of nitrogens with zero attached hydrogens (tertiary/aromatic N) is 4. The van der Waals surface area contributed by atoms with E-state index in [-0.39, 0.29) is 0 Å². The molecular weight excluding hydrogens is 348 g/mol. The number of hydrogen-bond donors (Lipinski definition) is 0. The highest BCUT2D eigenvalue weighted by atomic mass is 16.5. The Morgan fingerprint density at radius 1 is 1.00 bits per heavy atom. The molecule has 0 amide bonds. The normalized spacial score (nSPS) is 17.0. The Kier molecular flexibility index (Phi) is 6.35. The van der Waals surface area contributed by atoms with Gasteiger partial charge in [0.25, 0.3) is 0 Å². The van der Waals surface area contributed by atoms with Gasteiger partial charge in [0.1, 0.15) is 18.1 Å². The van der Waals surface area contributed by atoms with Gasteiger partial charge in [-0.2, -0.15) is 10.2 Å². The number of aromatic nitrogens is 2. The number of likely N-dealkylation sites (tertiary alicyclic amines) is 1. The Bertz CT molecular complexity index is 795. The molecule has 3 heterocycles. The lowest BCUT2D eigenvalue weighted by Crippen LogP contribution is -2.23. The summed E-state index contributed by atoms with van der Waals surface area (Å²) in [4.78, 5) is 4.86. The smallest absolute Gasteiger partial charge is 0.132 e. The van der Waals surface area contributed by atoms with Crippen molar-refractivity contribution in [2.24, 2.45) is 0 Å². The van der Waals surface area contributed by atoms with Gasteiger partial charge in [0.15, 0.2) is 0 Å². The first kappa shape index (κ1) is 18.7. The molecule has 2 aliphatic heterocycles. The quantitative estimate of drug-likeness (QED) is 0.705. The molecule has 0 spiro atoms. The Balaban J connectivity index is 1.18. The zero-order valence-electron chi connectivity index (χ0n) is 16.3. The van der Waals surface area contributed by atoms with Gasteiger partial charge in [-0.05, 0) is 67.8 Å². The maximum Gasteiger partial charge on any atom is 0.132 e. The van der Waals surface area contributed by atoms with Crippen molar-refractivity contribution in [3.8, 4) is 0 Å². The summed E-state index contributed by atoms with van der Waals surface area (Å²) in [6.07, 6.45) is 11.7. The van der Waals surface area contributed by atoms with E-state index in [1.807, 2.05) is 18.2 Å². The van der Waals surface area contributed by atoms with E-state index in [2.05, 4.69) is 56.5 Å². The van der Waals surface area contributed by atoms with Crippen LogP contribution in [0.25, 0.3) is 0 Å². The van der Waals surface area contributed by atoms with Crippen molar-refractivity contribution in [3.05, 3.63) is 83.5 Å². The zero-order chi connectivity index (χ0) is 19.0. The number of allylic oxidation sites excluding steroid dienone is 1. The van der Waals surface area contributed by atoms with Gasteiger partial charge in [0.05, 0.1) is 0 Å². The Morgan fingerprint density at radius 3 is 2.54 bits per heavy atom. The third-order valence-electron chi connectivity index (χ3n) is 5.31. The van der Waals surface area contributed by atoms with Crippen LogP contribution in [-0.2, 0) is 24.3 Å². The second kappa shape index (κ2) is 9.51. The fourth-order valence-electron chi connectivity index (χ4n) is 3.64. The Labute approximate surface area is 167 Å². The van der Waals surface area contributed by atoms with E-state index in [4.69, 9.17) is 4.74 Å². The summed E-state index contributed by atoms with van der Waals surface area (Å²) in [7, 11) is 0. The summed E-state index contributed by atoms with van der Waals surface area (Å²) in [5.41, 5.74) is 3.66. The van der Waals surface area contributed by atoms with Crippen LogP contribution < -0.4 is 0 Å². The largest absolute Gasteiger partial charge is 0.487 e. The lowest BCUT2D eigenvalue weighted by molar-refractivity contribution is 0.200. The fraction of sp³-hybridized carbons (Fsp3) is 0.391. The molecule has 1 aromatic heterocycles.